The molecule has 2 N–H and O–H groups in total. The lowest BCUT2D eigenvalue weighted by molar-refractivity contribution is -0.144. The van der Waals surface area contributed by atoms with E-state index in [9.17, 15) is 14.7 Å². The number of carbonyl (C=O) groups is 2. The van der Waals surface area contributed by atoms with Gasteiger partial charge in [-0.3, -0.25) is 4.79 Å². The van der Waals surface area contributed by atoms with E-state index in [0.717, 1.165) is 44.2 Å². The number of halogens is 1. The number of phenols is 1. The van der Waals surface area contributed by atoms with Crippen molar-refractivity contribution in [2.45, 2.75) is 63.9 Å². The van der Waals surface area contributed by atoms with Crippen molar-refractivity contribution in [3.05, 3.63) is 45.3 Å². The SMILES string of the molecule is COc1cc([C@@H]2C(C(=O)OC3CCCC3)=C(C)NC3=C2C(=O)CCC3)cc(Cl)c1O. The molecule has 2 aliphatic carbocycles. The van der Waals surface area contributed by atoms with Crippen molar-refractivity contribution < 1.29 is 24.2 Å². The first-order valence-corrected chi connectivity index (χ1v) is 10.8. The summed E-state index contributed by atoms with van der Waals surface area (Å²) >= 11 is 6.25. The van der Waals surface area contributed by atoms with Gasteiger partial charge in [0.15, 0.2) is 17.3 Å². The average Bonchev–Trinajstić information content (AvgIpc) is 3.22. The van der Waals surface area contributed by atoms with E-state index >= 15 is 0 Å². The monoisotopic (exact) mass is 431 g/mol. The van der Waals surface area contributed by atoms with Crippen LogP contribution in [0.5, 0.6) is 11.5 Å². The minimum atomic E-state index is -0.616. The van der Waals surface area contributed by atoms with Gasteiger partial charge in [-0.2, -0.15) is 0 Å². The van der Waals surface area contributed by atoms with Gasteiger partial charge in [0.1, 0.15) is 6.10 Å². The molecule has 0 aromatic heterocycles. The molecule has 0 unspecified atom stereocenters. The van der Waals surface area contributed by atoms with Gasteiger partial charge in [0.2, 0.25) is 0 Å². The number of hydrogen-bond acceptors (Lipinski definition) is 6. The third-order valence-corrected chi connectivity index (χ3v) is 6.46. The second-order valence-electron chi connectivity index (χ2n) is 8.13. The normalized spacial score (nSPS) is 22.1. The van der Waals surface area contributed by atoms with Crippen LogP contribution < -0.4 is 10.1 Å². The lowest BCUT2D eigenvalue weighted by Gasteiger charge is -2.34. The molecular formula is C23H26ClNO5. The van der Waals surface area contributed by atoms with Crippen LogP contribution in [0.2, 0.25) is 5.02 Å². The summed E-state index contributed by atoms with van der Waals surface area (Å²) in [6, 6.07) is 3.23. The average molecular weight is 432 g/mol. The van der Waals surface area contributed by atoms with E-state index in [2.05, 4.69) is 5.32 Å². The van der Waals surface area contributed by atoms with Gasteiger partial charge in [0, 0.05) is 29.3 Å². The molecule has 1 aromatic carbocycles. The second kappa shape index (κ2) is 8.34. The quantitative estimate of drug-likeness (QED) is 0.682. The summed E-state index contributed by atoms with van der Waals surface area (Å²) in [5, 5.41) is 13.6. The Morgan fingerprint density at radius 3 is 2.63 bits per heavy atom. The minimum Gasteiger partial charge on any atom is -0.503 e. The third kappa shape index (κ3) is 3.69. The smallest absolute Gasteiger partial charge is 0.337 e. The van der Waals surface area contributed by atoms with Crippen LogP contribution in [0.4, 0.5) is 0 Å². The molecule has 0 radical (unpaired) electrons. The number of esters is 1. The molecule has 0 amide bonds. The highest BCUT2D eigenvalue weighted by molar-refractivity contribution is 6.32. The number of Topliss-reactive ketones (excluding diaryl/α,β-unsaturated/α-hetero) is 1. The molecule has 7 heteroatoms. The van der Waals surface area contributed by atoms with Crippen molar-refractivity contribution in [1.29, 1.82) is 0 Å². The van der Waals surface area contributed by atoms with Gasteiger partial charge in [0.05, 0.1) is 17.7 Å². The maximum absolute atomic E-state index is 13.3. The Labute approximate surface area is 180 Å². The zero-order chi connectivity index (χ0) is 21.4. The molecule has 3 aliphatic rings. The van der Waals surface area contributed by atoms with E-state index in [1.165, 1.54) is 7.11 Å². The molecule has 4 rings (SSSR count). The maximum atomic E-state index is 13.3. The Kier molecular flexibility index (Phi) is 5.78. The fourth-order valence-corrected chi connectivity index (χ4v) is 4.94. The van der Waals surface area contributed by atoms with Gasteiger partial charge >= 0.3 is 5.97 Å². The van der Waals surface area contributed by atoms with Gasteiger partial charge in [-0.25, -0.2) is 4.79 Å². The maximum Gasteiger partial charge on any atom is 0.337 e. The van der Waals surface area contributed by atoms with E-state index in [4.69, 9.17) is 21.1 Å². The Bertz CT molecular complexity index is 959. The summed E-state index contributed by atoms with van der Waals surface area (Å²) in [6.07, 6.45) is 5.68. The molecule has 1 atom stereocenters. The predicted octanol–water partition coefficient (Wildman–Crippen LogP) is 4.51. The van der Waals surface area contributed by atoms with E-state index < -0.39 is 11.9 Å². The molecule has 1 heterocycles. The number of carbonyl (C=O) groups excluding carboxylic acids is 2. The predicted molar refractivity (Wildman–Crippen MR) is 112 cm³/mol. The first-order chi connectivity index (χ1) is 14.4. The summed E-state index contributed by atoms with van der Waals surface area (Å²) in [5.74, 6) is -0.991. The van der Waals surface area contributed by atoms with Crippen molar-refractivity contribution in [1.82, 2.24) is 5.32 Å². The number of hydrogen-bond donors (Lipinski definition) is 2. The fraction of sp³-hybridized carbons (Fsp3) is 0.478. The topological polar surface area (TPSA) is 84.9 Å². The number of aromatic hydroxyl groups is 1. The molecule has 30 heavy (non-hydrogen) atoms. The van der Waals surface area contributed by atoms with Crippen LogP contribution in [0.3, 0.4) is 0 Å². The molecule has 1 aromatic rings. The third-order valence-electron chi connectivity index (χ3n) is 6.18. The number of dihydropyridines is 1. The van der Waals surface area contributed by atoms with Crippen LogP contribution in [0.1, 0.15) is 63.4 Å². The van der Waals surface area contributed by atoms with Crippen LogP contribution in [0.25, 0.3) is 0 Å². The summed E-state index contributed by atoms with van der Waals surface area (Å²) in [6.45, 7) is 1.83. The second-order valence-corrected chi connectivity index (χ2v) is 8.54. The Morgan fingerprint density at radius 1 is 1.20 bits per heavy atom. The molecular weight excluding hydrogens is 406 g/mol. The number of methoxy groups -OCH3 is 1. The van der Waals surface area contributed by atoms with E-state index in [0.29, 0.717) is 28.8 Å². The van der Waals surface area contributed by atoms with Crippen LogP contribution in [-0.4, -0.2) is 30.1 Å². The van der Waals surface area contributed by atoms with E-state index in [1.54, 1.807) is 12.1 Å². The van der Waals surface area contributed by atoms with Crippen LogP contribution in [-0.2, 0) is 14.3 Å². The summed E-state index contributed by atoms with van der Waals surface area (Å²) in [7, 11) is 1.43. The fourth-order valence-electron chi connectivity index (χ4n) is 4.72. The first kappa shape index (κ1) is 20.8. The van der Waals surface area contributed by atoms with Crippen LogP contribution >= 0.6 is 11.6 Å². The van der Waals surface area contributed by atoms with Crippen molar-refractivity contribution in [2.24, 2.45) is 0 Å². The number of benzene rings is 1. The standard InChI is InChI=1S/C23H26ClNO5/c1-12-19(23(28)30-14-6-3-4-7-14)20(21-16(25-12)8-5-9-17(21)26)13-10-15(24)22(27)18(11-13)29-2/h10-11,14,20,25,27H,3-9H2,1-2H3/t20-/m1/s1. The number of nitrogens with one attached hydrogen (secondary N) is 1. The first-order valence-electron chi connectivity index (χ1n) is 10.4. The van der Waals surface area contributed by atoms with Gasteiger partial charge in [-0.05, 0) is 63.1 Å². The molecule has 0 saturated heterocycles. The number of phenolic OH excluding ortho intramolecular Hbond substituents is 1. The lowest BCUT2D eigenvalue weighted by Crippen LogP contribution is -2.35. The highest BCUT2D eigenvalue weighted by Crippen LogP contribution is 2.46. The molecule has 0 spiro atoms. The number of ether oxygens (including phenoxy) is 2. The van der Waals surface area contributed by atoms with Crippen LogP contribution in [0, 0.1) is 0 Å². The zero-order valence-electron chi connectivity index (χ0n) is 17.2. The highest BCUT2D eigenvalue weighted by atomic mass is 35.5. The van der Waals surface area contributed by atoms with Gasteiger partial charge < -0.3 is 19.9 Å². The van der Waals surface area contributed by atoms with Crippen molar-refractivity contribution in [3.63, 3.8) is 0 Å². The zero-order valence-corrected chi connectivity index (χ0v) is 18.0. The number of ketones is 1. The molecule has 0 bridgehead atoms. The van der Waals surface area contributed by atoms with Crippen LogP contribution in [0.15, 0.2) is 34.7 Å². The van der Waals surface area contributed by atoms with Crippen molar-refractivity contribution >= 4 is 23.4 Å². The number of rotatable bonds is 4. The summed E-state index contributed by atoms with van der Waals surface area (Å²) in [4.78, 5) is 26.2. The van der Waals surface area contributed by atoms with E-state index in [-0.39, 0.29) is 28.4 Å². The van der Waals surface area contributed by atoms with E-state index in [1.807, 2.05) is 6.92 Å². The van der Waals surface area contributed by atoms with Gasteiger partial charge in [-0.1, -0.05) is 11.6 Å². The highest BCUT2D eigenvalue weighted by Gasteiger charge is 2.40. The van der Waals surface area contributed by atoms with Gasteiger partial charge in [0.25, 0.3) is 0 Å². The summed E-state index contributed by atoms with van der Waals surface area (Å²) < 4.78 is 11.1. The summed E-state index contributed by atoms with van der Waals surface area (Å²) in [5.41, 5.74) is 3.14. The molecule has 160 valence electrons. The Balaban J connectivity index is 1.82. The largest absolute Gasteiger partial charge is 0.503 e. The van der Waals surface area contributed by atoms with Crippen molar-refractivity contribution in [3.8, 4) is 11.5 Å². The molecule has 1 saturated carbocycles. The lowest BCUT2D eigenvalue weighted by atomic mass is 9.75. The Morgan fingerprint density at radius 2 is 1.93 bits per heavy atom. The molecule has 6 nitrogen and oxygen atoms in total. The minimum absolute atomic E-state index is 0.00980. The number of allylic oxidation sites excluding steroid dienone is 3. The molecule has 1 fully saturated rings. The Hall–Kier alpha value is -2.47. The van der Waals surface area contributed by atoms with Gasteiger partial charge in [-0.15, -0.1) is 0 Å². The van der Waals surface area contributed by atoms with Crippen molar-refractivity contribution in [2.75, 3.05) is 7.11 Å². The molecule has 1 aliphatic heterocycles.